The Morgan fingerprint density at radius 2 is 2.00 bits per heavy atom. The van der Waals surface area contributed by atoms with E-state index in [0.29, 0.717) is 15.7 Å². The van der Waals surface area contributed by atoms with Gasteiger partial charge in [-0.2, -0.15) is 13.2 Å². The lowest BCUT2D eigenvalue weighted by Gasteiger charge is -2.08. The molecule has 0 aliphatic rings. The van der Waals surface area contributed by atoms with Crippen LogP contribution in [0.5, 0.6) is 0 Å². The molecule has 0 aromatic heterocycles. The monoisotopic (exact) mass is 283 g/mol. The standard InChI is InChI=1S/C9H9BrF3NO/c10-7-2-1-6(3-8(7)14)4-15-5-9(11,12)13/h1-3H,4-5,14H2. The van der Waals surface area contributed by atoms with Crippen LogP contribution >= 0.6 is 15.9 Å². The highest BCUT2D eigenvalue weighted by Crippen LogP contribution is 2.21. The third-order valence-electron chi connectivity index (χ3n) is 1.59. The maximum absolute atomic E-state index is 11.7. The Balaban J connectivity index is 2.48. The highest BCUT2D eigenvalue weighted by molar-refractivity contribution is 9.10. The van der Waals surface area contributed by atoms with E-state index in [2.05, 4.69) is 20.7 Å². The van der Waals surface area contributed by atoms with Crippen LogP contribution in [0.4, 0.5) is 18.9 Å². The fourth-order valence-electron chi connectivity index (χ4n) is 0.968. The number of hydrogen-bond donors (Lipinski definition) is 1. The Morgan fingerprint density at radius 3 is 2.53 bits per heavy atom. The zero-order valence-corrected chi connectivity index (χ0v) is 9.23. The zero-order valence-electron chi connectivity index (χ0n) is 7.64. The summed E-state index contributed by atoms with van der Waals surface area (Å²) in [5, 5.41) is 0. The van der Waals surface area contributed by atoms with Crippen molar-refractivity contribution in [3.63, 3.8) is 0 Å². The minimum absolute atomic E-state index is 0.100. The fraction of sp³-hybridized carbons (Fsp3) is 0.333. The number of anilines is 1. The average Bonchev–Trinajstić information content (AvgIpc) is 2.09. The van der Waals surface area contributed by atoms with E-state index in [9.17, 15) is 13.2 Å². The van der Waals surface area contributed by atoms with Crippen molar-refractivity contribution in [1.82, 2.24) is 0 Å². The molecule has 1 rings (SSSR count). The third-order valence-corrected chi connectivity index (χ3v) is 2.32. The minimum atomic E-state index is -4.29. The first-order chi connectivity index (χ1) is 6.88. The van der Waals surface area contributed by atoms with Crippen LogP contribution in [0, 0.1) is 0 Å². The fourth-order valence-corrected chi connectivity index (χ4v) is 1.21. The Morgan fingerprint density at radius 1 is 1.33 bits per heavy atom. The summed E-state index contributed by atoms with van der Waals surface area (Å²) in [6.45, 7) is -1.35. The van der Waals surface area contributed by atoms with Gasteiger partial charge < -0.3 is 10.5 Å². The van der Waals surface area contributed by atoms with Crippen molar-refractivity contribution in [1.29, 1.82) is 0 Å². The summed E-state index contributed by atoms with van der Waals surface area (Å²) in [6, 6.07) is 4.89. The quantitative estimate of drug-likeness (QED) is 0.865. The largest absolute Gasteiger partial charge is 0.411 e. The van der Waals surface area contributed by atoms with Crippen molar-refractivity contribution in [2.45, 2.75) is 12.8 Å². The van der Waals surface area contributed by atoms with Crippen molar-refractivity contribution in [2.24, 2.45) is 0 Å². The second-order valence-electron chi connectivity index (χ2n) is 2.96. The Labute approximate surface area is 93.3 Å². The van der Waals surface area contributed by atoms with Crippen LogP contribution in [0.3, 0.4) is 0 Å². The zero-order chi connectivity index (χ0) is 11.5. The van der Waals surface area contributed by atoms with Crippen molar-refractivity contribution in [3.05, 3.63) is 28.2 Å². The molecule has 6 heteroatoms. The molecule has 0 unspecified atom stereocenters. The number of rotatable bonds is 3. The third kappa shape index (κ3) is 4.53. The molecule has 0 bridgehead atoms. The summed E-state index contributed by atoms with van der Waals surface area (Å²) < 4.78 is 40.4. The van der Waals surface area contributed by atoms with Crippen molar-refractivity contribution in [2.75, 3.05) is 12.3 Å². The SMILES string of the molecule is Nc1cc(COCC(F)(F)F)ccc1Br. The van der Waals surface area contributed by atoms with Crippen molar-refractivity contribution < 1.29 is 17.9 Å². The molecule has 0 saturated carbocycles. The van der Waals surface area contributed by atoms with E-state index in [-0.39, 0.29) is 6.61 Å². The maximum atomic E-state index is 11.7. The van der Waals surface area contributed by atoms with Crippen LogP contribution in [-0.2, 0) is 11.3 Å². The van der Waals surface area contributed by atoms with Gasteiger partial charge in [-0.05, 0) is 33.6 Å². The van der Waals surface area contributed by atoms with Gasteiger partial charge in [-0.25, -0.2) is 0 Å². The van der Waals surface area contributed by atoms with E-state index in [4.69, 9.17) is 5.73 Å². The summed E-state index contributed by atoms with van der Waals surface area (Å²) in [4.78, 5) is 0. The van der Waals surface area contributed by atoms with Gasteiger partial charge in [-0.1, -0.05) is 6.07 Å². The molecule has 2 N–H and O–H groups in total. The summed E-state index contributed by atoms with van der Waals surface area (Å²) in [5.74, 6) is 0. The molecule has 0 radical (unpaired) electrons. The van der Waals surface area contributed by atoms with Crippen LogP contribution in [-0.4, -0.2) is 12.8 Å². The van der Waals surface area contributed by atoms with Gasteiger partial charge in [0.1, 0.15) is 6.61 Å². The van der Waals surface area contributed by atoms with E-state index in [0.717, 1.165) is 0 Å². The van der Waals surface area contributed by atoms with E-state index >= 15 is 0 Å². The summed E-state index contributed by atoms with van der Waals surface area (Å²) in [5.41, 5.74) is 6.64. The van der Waals surface area contributed by atoms with Gasteiger partial charge in [-0.15, -0.1) is 0 Å². The van der Waals surface area contributed by atoms with E-state index in [1.54, 1.807) is 18.2 Å². The van der Waals surface area contributed by atoms with Crippen LogP contribution in [0.2, 0.25) is 0 Å². The van der Waals surface area contributed by atoms with Gasteiger partial charge in [-0.3, -0.25) is 0 Å². The van der Waals surface area contributed by atoms with Gasteiger partial charge in [0.15, 0.2) is 0 Å². The number of nitrogens with two attached hydrogens (primary N) is 1. The molecule has 0 fully saturated rings. The molecular weight excluding hydrogens is 275 g/mol. The van der Waals surface area contributed by atoms with Gasteiger partial charge in [0, 0.05) is 10.2 Å². The first-order valence-electron chi connectivity index (χ1n) is 4.07. The molecule has 0 aliphatic carbocycles. The predicted octanol–water partition coefficient (Wildman–Crippen LogP) is 3.11. The maximum Gasteiger partial charge on any atom is 0.411 e. The Hall–Kier alpha value is -0.750. The minimum Gasteiger partial charge on any atom is -0.398 e. The van der Waals surface area contributed by atoms with Gasteiger partial charge in [0.25, 0.3) is 0 Å². The molecule has 0 aliphatic heterocycles. The predicted molar refractivity (Wildman–Crippen MR) is 54.3 cm³/mol. The first-order valence-corrected chi connectivity index (χ1v) is 4.86. The van der Waals surface area contributed by atoms with Crippen LogP contribution < -0.4 is 5.73 Å². The number of benzene rings is 1. The molecule has 1 aromatic rings. The average molecular weight is 284 g/mol. The molecule has 84 valence electrons. The molecule has 1 aromatic carbocycles. The first kappa shape index (κ1) is 12.3. The van der Waals surface area contributed by atoms with Gasteiger partial charge in [0.2, 0.25) is 0 Å². The second kappa shape index (κ2) is 4.85. The van der Waals surface area contributed by atoms with Crippen molar-refractivity contribution >= 4 is 21.6 Å². The smallest absolute Gasteiger partial charge is 0.398 e. The van der Waals surface area contributed by atoms with E-state index < -0.39 is 12.8 Å². The Kier molecular flexibility index (Phi) is 3.98. The summed E-state index contributed by atoms with van der Waals surface area (Å²) in [7, 11) is 0. The number of alkyl halides is 3. The van der Waals surface area contributed by atoms with Crippen LogP contribution in [0.15, 0.2) is 22.7 Å². The lowest BCUT2D eigenvalue weighted by molar-refractivity contribution is -0.176. The normalized spacial score (nSPS) is 11.7. The molecular formula is C9H9BrF3NO. The second-order valence-corrected chi connectivity index (χ2v) is 3.82. The van der Waals surface area contributed by atoms with Gasteiger partial charge >= 0.3 is 6.18 Å². The van der Waals surface area contributed by atoms with E-state index in [1.165, 1.54) is 0 Å². The Bertz CT molecular complexity index is 341. The molecule has 0 heterocycles. The van der Waals surface area contributed by atoms with Crippen molar-refractivity contribution in [3.8, 4) is 0 Å². The number of halogens is 4. The highest BCUT2D eigenvalue weighted by atomic mass is 79.9. The molecule has 0 spiro atoms. The van der Waals surface area contributed by atoms with E-state index in [1.807, 2.05) is 0 Å². The summed E-state index contributed by atoms with van der Waals surface area (Å²) in [6.07, 6.45) is -4.29. The lowest BCUT2D eigenvalue weighted by Crippen LogP contribution is -2.16. The topological polar surface area (TPSA) is 35.2 Å². The number of ether oxygens (including phenoxy) is 1. The molecule has 15 heavy (non-hydrogen) atoms. The molecule has 0 amide bonds. The number of nitrogen functional groups attached to an aromatic ring is 1. The highest BCUT2D eigenvalue weighted by Gasteiger charge is 2.27. The van der Waals surface area contributed by atoms with Crippen LogP contribution in [0.25, 0.3) is 0 Å². The van der Waals surface area contributed by atoms with Crippen LogP contribution in [0.1, 0.15) is 5.56 Å². The number of hydrogen-bond acceptors (Lipinski definition) is 2. The summed E-state index contributed by atoms with van der Waals surface area (Å²) >= 11 is 3.18. The van der Waals surface area contributed by atoms with Gasteiger partial charge in [0.05, 0.1) is 6.61 Å². The molecule has 0 atom stereocenters. The molecule has 0 saturated heterocycles. The molecule has 2 nitrogen and oxygen atoms in total. The lowest BCUT2D eigenvalue weighted by atomic mass is 10.2.